The minimum absolute atomic E-state index is 0.0411. The van der Waals surface area contributed by atoms with Crippen molar-refractivity contribution < 1.29 is 22.7 Å². The summed E-state index contributed by atoms with van der Waals surface area (Å²) in [5, 5.41) is 2.58. The molecule has 23 heavy (non-hydrogen) atoms. The standard InChI is InChI=1S/C15H14N2O5S/c1-10(18)16-12-4-2-3-5-13(12)17-23(19,20)11-6-7-14-15(8-11)22-9-21-14/h2-8,17H,9H2,1H3,(H,16,18). The predicted molar refractivity (Wildman–Crippen MR) is 84.1 cm³/mol. The van der Waals surface area contributed by atoms with Crippen molar-refractivity contribution in [2.75, 3.05) is 16.8 Å². The zero-order valence-electron chi connectivity index (χ0n) is 12.2. The largest absolute Gasteiger partial charge is 0.454 e. The van der Waals surface area contributed by atoms with Crippen LogP contribution in [0, 0.1) is 0 Å². The molecule has 0 radical (unpaired) electrons. The van der Waals surface area contributed by atoms with Gasteiger partial charge in [-0.05, 0) is 24.3 Å². The zero-order valence-corrected chi connectivity index (χ0v) is 13.0. The molecule has 2 N–H and O–H groups in total. The molecule has 3 rings (SSSR count). The van der Waals surface area contributed by atoms with E-state index in [4.69, 9.17) is 9.47 Å². The second kappa shape index (κ2) is 5.81. The van der Waals surface area contributed by atoms with Crippen LogP contribution < -0.4 is 19.5 Å². The van der Waals surface area contributed by atoms with Crippen LogP contribution in [0.3, 0.4) is 0 Å². The molecule has 0 atom stereocenters. The number of nitrogens with one attached hydrogen (secondary N) is 2. The Morgan fingerprint density at radius 1 is 1.04 bits per heavy atom. The first-order valence-electron chi connectivity index (χ1n) is 6.75. The number of carbonyl (C=O) groups excluding carboxylic acids is 1. The highest BCUT2D eigenvalue weighted by atomic mass is 32.2. The van der Waals surface area contributed by atoms with Crippen molar-refractivity contribution in [3.05, 3.63) is 42.5 Å². The number of amides is 1. The van der Waals surface area contributed by atoms with Crippen molar-refractivity contribution in [1.29, 1.82) is 0 Å². The number of fused-ring (bicyclic) bond motifs is 1. The molecule has 0 fully saturated rings. The van der Waals surface area contributed by atoms with Crippen LogP contribution in [0.1, 0.15) is 6.92 Å². The highest BCUT2D eigenvalue weighted by Crippen LogP contribution is 2.34. The van der Waals surface area contributed by atoms with Gasteiger partial charge >= 0.3 is 0 Å². The quantitative estimate of drug-likeness (QED) is 0.894. The molecule has 120 valence electrons. The topological polar surface area (TPSA) is 93.7 Å². The van der Waals surface area contributed by atoms with E-state index in [0.717, 1.165) is 0 Å². The summed E-state index contributed by atoms with van der Waals surface area (Å²) in [4.78, 5) is 11.3. The SMILES string of the molecule is CC(=O)Nc1ccccc1NS(=O)(=O)c1ccc2c(c1)OCO2. The van der Waals surface area contributed by atoms with E-state index in [9.17, 15) is 13.2 Å². The summed E-state index contributed by atoms with van der Waals surface area (Å²) >= 11 is 0. The third-order valence-electron chi connectivity index (χ3n) is 3.14. The Hall–Kier alpha value is -2.74. The zero-order chi connectivity index (χ0) is 16.4. The lowest BCUT2D eigenvalue weighted by atomic mass is 10.3. The van der Waals surface area contributed by atoms with Crippen molar-refractivity contribution in [1.82, 2.24) is 0 Å². The number of carbonyl (C=O) groups is 1. The normalized spacial score (nSPS) is 12.7. The first-order valence-corrected chi connectivity index (χ1v) is 8.23. The van der Waals surface area contributed by atoms with E-state index < -0.39 is 10.0 Å². The Bertz CT molecular complexity index is 864. The highest BCUT2D eigenvalue weighted by molar-refractivity contribution is 7.92. The van der Waals surface area contributed by atoms with E-state index in [1.807, 2.05) is 0 Å². The van der Waals surface area contributed by atoms with Gasteiger partial charge in [0.2, 0.25) is 12.7 Å². The van der Waals surface area contributed by atoms with Gasteiger partial charge in [-0.2, -0.15) is 0 Å². The fourth-order valence-electron chi connectivity index (χ4n) is 2.12. The molecular formula is C15H14N2O5S. The first kappa shape index (κ1) is 15.2. The summed E-state index contributed by atoms with van der Waals surface area (Å²) in [6.45, 7) is 1.42. The van der Waals surface area contributed by atoms with Crippen molar-refractivity contribution >= 4 is 27.3 Å². The van der Waals surface area contributed by atoms with Crippen molar-refractivity contribution in [2.45, 2.75) is 11.8 Å². The van der Waals surface area contributed by atoms with Crippen LogP contribution in [0.4, 0.5) is 11.4 Å². The van der Waals surface area contributed by atoms with Crippen LogP contribution in [0.25, 0.3) is 0 Å². The van der Waals surface area contributed by atoms with Crippen LogP contribution in [0.15, 0.2) is 47.4 Å². The third-order valence-corrected chi connectivity index (χ3v) is 4.50. The van der Waals surface area contributed by atoms with E-state index in [1.165, 1.54) is 25.1 Å². The molecule has 0 bridgehead atoms. The monoisotopic (exact) mass is 334 g/mol. The van der Waals surface area contributed by atoms with Crippen molar-refractivity contribution in [2.24, 2.45) is 0 Å². The summed E-state index contributed by atoms with van der Waals surface area (Å²) in [5.41, 5.74) is 0.657. The minimum Gasteiger partial charge on any atom is -0.454 e. The van der Waals surface area contributed by atoms with Crippen LogP contribution in [-0.2, 0) is 14.8 Å². The molecule has 0 saturated carbocycles. The molecular weight excluding hydrogens is 320 g/mol. The number of anilines is 2. The van der Waals surface area contributed by atoms with Crippen LogP contribution in [0.2, 0.25) is 0 Å². The average Bonchev–Trinajstić information content (AvgIpc) is 2.96. The maximum atomic E-state index is 12.5. The maximum Gasteiger partial charge on any atom is 0.262 e. The average molecular weight is 334 g/mol. The molecule has 0 spiro atoms. The summed E-state index contributed by atoms with van der Waals surface area (Å²) in [6.07, 6.45) is 0. The number of hydrogen-bond acceptors (Lipinski definition) is 5. The summed E-state index contributed by atoms with van der Waals surface area (Å²) < 4.78 is 37.9. The summed E-state index contributed by atoms with van der Waals surface area (Å²) in [6, 6.07) is 10.9. The van der Waals surface area contributed by atoms with Gasteiger partial charge in [0.15, 0.2) is 11.5 Å². The van der Waals surface area contributed by atoms with E-state index in [1.54, 1.807) is 24.3 Å². The Morgan fingerprint density at radius 2 is 1.74 bits per heavy atom. The van der Waals surface area contributed by atoms with Gasteiger partial charge in [-0.1, -0.05) is 12.1 Å². The Kier molecular flexibility index (Phi) is 3.83. The van der Waals surface area contributed by atoms with E-state index in [-0.39, 0.29) is 23.3 Å². The van der Waals surface area contributed by atoms with Gasteiger partial charge in [0.1, 0.15) is 0 Å². The molecule has 0 unspecified atom stereocenters. The van der Waals surface area contributed by atoms with Gasteiger partial charge in [0.25, 0.3) is 10.0 Å². The number of hydrogen-bond donors (Lipinski definition) is 2. The van der Waals surface area contributed by atoms with E-state index >= 15 is 0 Å². The van der Waals surface area contributed by atoms with Crippen molar-refractivity contribution in [3.63, 3.8) is 0 Å². The smallest absolute Gasteiger partial charge is 0.262 e. The first-order chi connectivity index (χ1) is 11.0. The van der Waals surface area contributed by atoms with E-state index in [0.29, 0.717) is 17.2 Å². The molecule has 1 aliphatic rings. The summed E-state index contributed by atoms with van der Waals surface area (Å²) in [5.74, 6) is 0.588. The minimum atomic E-state index is -3.83. The second-order valence-electron chi connectivity index (χ2n) is 4.85. The molecule has 7 nitrogen and oxygen atoms in total. The lowest BCUT2D eigenvalue weighted by Gasteiger charge is -2.13. The molecule has 2 aromatic carbocycles. The fourth-order valence-corrected chi connectivity index (χ4v) is 3.21. The van der Waals surface area contributed by atoms with Gasteiger partial charge in [-0.25, -0.2) is 8.42 Å². The molecule has 8 heteroatoms. The highest BCUT2D eigenvalue weighted by Gasteiger charge is 2.21. The molecule has 0 saturated heterocycles. The van der Waals surface area contributed by atoms with Gasteiger partial charge in [-0.3, -0.25) is 9.52 Å². The molecule has 2 aromatic rings. The number of para-hydroxylation sites is 2. The van der Waals surface area contributed by atoms with Gasteiger partial charge in [-0.15, -0.1) is 0 Å². The second-order valence-corrected chi connectivity index (χ2v) is 6.53. The number of sulfonamides is 1. The van der Waals surface area contributed by atoms with Crippen molar-refractivity contribution in [3.8, 4) is 11.5 Å². The molecule has 1 amide bonds. The van der Waals surface area contributed by atoms with Gasteiger partial charge < -0.3 is 14.8 Å². The Morgan fingerprint density at radius 3 is 2.48 bits per heavy atom. The number of ether oxygens (including phenoxy) is 2. The molecule has 0 aromatic heterocycles. The van der Waals surface area contributed by atoms with Crippen LogP contribution in [0.5, 0.6) is 11.5 Å². The van der Waals surface area contributed by atoms with Crippen LogP contribution in [-0.4, -0.2) is 21.1 Å². The molecule has 1 aliphatic heterocycles. The third kappa shape index (κ3) is 3.21. The predicted octanol–water partition coefficient (Wildman–Crippen LogP) is 2.17. The van der Waals surface area contributed by atoms with Crippen LogP contribution >= 0.6 is 0 Å². The Balaban J connectivity index is 1.91. The Labute approximate surface area is 133 Å². The maximum absolute atomic E-state index is 12.5. The lowest BCUT2D eigenvalue weighted by molar-refractivity contribution is -0.114. The van der Waals surface area contributed by atoms with E-state index in [2.05, 4.69) is 10.0 Å². The molecule has 0 aliphatic carbocycles. The lowest BCUT2D eigenvalue weighted by Crippen LogP contribution is -2.15. The molecule has 1 heterocycles. The summed E-state index contributed by atoms with van der Waals surface area (Å²) in [7, 11) is -3.83. The van der Waals surface area contributed by atoms with Gasteiger partial charge in [0.05, 0.1) is 16.3 Å². The van der Waals surface area contributed by atoms with Gasteiger partial charge in [0, 0.05) is 13.0 Å². The number of benzene rings is 2. The number of rotatable bonds is 4. The fraction of sp³-hybridized carbons (Fsp3) is 0.133.